The zero-order chi connectivity index (χ0) is 15.4. The maximum atomic E-state index is 11.8. The maximum Gasteiger partial charge on any atom is 0.310 e. The van der Waals surface area contributed by atoms with Gasteiger partial charge in [0, 0.05) is 32.4 Å². The van der Waals surface area contributed by atoms with Crippen molar-refractivity contribution < 1.29 is 14.5 Å². The molecule has 0 aromatic carbocycles. The molecule has 0 atom stereocenters. The molecule has 1 fully saturated rings. The minimum absolute atomic E-state index is 0.0407. The molecule has 8 heteroatoms. The predicted octanol–water partition coefficient (Wildman–Crippen LogP) is 0.617. The highest BCUT2D eigenvalue weighted by Gasteiger charge is 2.25. The number of hydrogen-bond donors (Lipinski definition) is 0. The summed E-state index contributed by atoms with van der Waals surface area (Å²) in [6.07, 6.45) is 2.65. The number of rotatable bonds is 4. The fraction of sp³-hybridized carbons (Fsp3) is 0.462. The molecule has 1 aromatic rings. The number of Topliss-reactive ketones (excluding diaryl/α,β-unsaturated/α-hetero) is 1. The fourth-order valence-electron chi connectivity index (χ4n) is 2.31. The van der Waals surface area contributed by atoms with Gasteiger partial charge >= 0.3 is 5.69 Å². The van der Waals surface area contributed by atoms with Crippen LogP contribution in [0.15, 0.2) is 18.5 Å². The van der Waals surface area contributed by atoms with Gasteiger partial charge in [-0.2, -0.15) is 0 Å². The van der Waals surface area contributed by atoms with Crippen molar-refractivity contribution in [3.8, 4) is 0 Å². The predicted molar refractivity (Wildman–Crippen MR) is 75.0 cm³/mol. The molecule has 0 aliphatic carbocycles. The number of piperazine rings is 1. The molecule has 0 unspecified atom stereocenters. The van der Waals surface area contributed by atoms with Gasteiger partial charge in [0.25, 0.3) is 0 Å². The first-order chi connectivity index (χ1) is 9.99. The smallest absolute Gasteiger partial charge is 0.310 e. The zero-order valence-electron chi connectivity index (χ0n) is 11.7. The molecule has 0 N–H and O–H groups in total. The van der Waals surface area contributed by atoms with Gasteiger partial charge < -0.3 is 9.80 Å². The second-order valence-corrected chi connectivity index (χ2v) is 4.87. The minimum Gasteiger partial charge on any atom is -0.362 e. The Morgan fingerprint density at radius 3 is 2.57 bits per heavy atom. The van der Waals surface area contributed by atoms with Crippen molar-refractivity contribution in [2.45, 2.75) is 13.3 Å². The molecule has 1 aliphatic heterocycles. The fourth-order valence-corrected chi connectivity index (χ4v) is 2.31. The molecule has 0 bridgehead atoms. The van der Waals surface area contributed by atoms with Crippen LogP contribution in [0.1, 0.15) is 13.3 Å². The first-order valence-electron chi connectivity index (χ1n) is 6.59. The summed E-state index contributed by atoms with van der Waals surface area (Å²) in [4.78, 5) is 40.5. The number of pyridine rings is 1. The van der Waals surface area contributed by atoms with Crippen LogP contribution in [0.5, 0.6) is 0 Å². The lowest BCUT2D eigenvalue weighted by atomic mass is 10.2. The molecule has 0 saturated carbocycles. The lowest BCUT2D eigenvalue weighted by molar-refractivity contribution is -0.384. The molecule has 2 heterocycles. The zero-order valence-corrected chi connectivity index (χ0v) is 11.7. The van der Waals surface area contributed by atoms with Gasteiger partial charge in [-0.1, -0.05) is 0 Å². The normalized spacial score (nSPS) is 14.9. The van der Waals surface area contributed by atoms with Crippen LogP contribution in [0.25, 0.3) is 0 Å². The van der Waals surface area contributed by atoms with E-state index in [1.807, 2.05) is 4.90 Å². The van der Waals surface area contributed by atoms with Crippen molar-refractivity contribution in [2.24, 2.45) is 0 Å². The largest absolute Gasteiger partial charge is 0.362 e. The molecule has 21 heavy (non-hydrogen) atoms. The van der Waals surface area contributed by atoms with Gasteiger partial charge in [-0.15, -0.1) is 0 Å². The van der Waals surface area contributed by atoms with E-state index in [0.29, 0.717) is 31.9 Å². The third-order valence-corrected chi connectivity index (χ3v) is 3.35. The van der Waals surface area contributed by atoms with Crippen LogP contribution >= 0.6 is 0 Å². The van der Waals surface area contributed by atoms with Crippen molar-refractivity contribution >= 4 is 23.1 Å². The molecule has 1 aliphatic rings. The van der Waals surface area contributed by atoms with E-state index in [1.54, 1.807) is 11.0 Å². The highest BCUT2D eigenvalue weighted by molar-refractivity contribution is 5.96. The second-order valence-electron chi connectivity index (χ2n) is 4.87. The Morgan fingerprint density at radius 1 is 1.33 bits per heavy atom. The van der Waals surface area contributed by atoms with E-state index in [2.05, 4.69) is 4.98 Å². The molecule has 1 saturated heterocycles. The number of carbonyl (C=O) groups excluding carboxylic acids is 2. The van der Waals surface area contributed by atoms with Crippen LogP contribution < -0.4 is 4.90 Å². The van der Waals surface area contributed by atoms with Crippen LogP contribution in [-0.2, 0) is 9.59 Å². The first kappa shape index (κ1) is 14.9. The minimum atomic E-state index is -0.463. The summed E-state index contributed by atoms with van der Waals surface area (Å²) in [6.45, 7) is 3.27. The molecule has 112 valence electrons. The van der Waals surface area contributed by atoms with Crippen molar-refractivity contribution in [3.05, 3.63) is 28.6 Å². The highest BCUT2D eigenvalue weighted by Crippen LogP contribution is 2.27. The van der Waals surface area contributed by atoms with Crippen LogP contribution in [0, 0.1) is 10.1 Å². The summed E-state index contributed by atoms with van der Waals surface area (Å²) >= 11 is 0. The first-order valence-corrected chi connectivity index (χ1v) is 6.59. The summed E-state index contributed by atoms with van der Waals surface area (Å²) < 4.78 is 0. The Balaban J connectivity index is 2.03. The van der Waals surface area contributed by atoms with Crippen LogP contribution in [-0.4, -0.2) is 52.7 Å². The van der Waals surface area contributed by atoms with Gasteiger partial charge in [0.05, 0.1) is 11.3 Å². The molecule has 1 aromatic heterocycles. The van der Waals surface area contributed by atoms with Gasteiger partial charge in [-0.3, -0.25) is 24.7 Å². The average molecular weight is 292 g/mol. The lowest BCUT2D eigenvalue weighted by Crippen LogP contribution is -2.49. The van der Waals surface area contributed by atoms with Gasteiger partial charge in [0.15, 0.2) is 0 Å². The maximum absolute atomic E-state index is 11.8. The van der Waals surface area contributed by atoms with Crippen molar-refractivity contribution in [2.75, 3.05) is 31.1 Å². The number of nitro groups is 1. The standard InChI is InChI=1S/C13H16N4O4/c1-10(18)8-13(19)16-6-4-15(5-7-16)11-2-3-14-9-12(11)17(20)21/h2-3,9H,4-8H2,1H3. The van der Waals surface area contributed by atoms with Crippen molar-refractivity contribution in [3.63, 3.8) is 0 Å². The number of aromatic nitrogens is 1. The second kappa shape index (κ2) is 6.29. The number of carbonyl (C=O) groups is 2. The molecule has 1 amide bonds. The van der Waals surface area contributed by atoms with Gasteiger partial charge in [-0.05, 0) is 13.0 Å². The third-order valence-electron chi connectivity index (χ3n) is 3.35. The Morgan fingerprint density at radius 2 is 2.00 bits per heavy atom. The number of ketones is 1. The van der Waals surface area contributed by atoms with Gasteiger partial charge in [0.2, 0.25) is 5.91 Å². The summed E-state index contributed by atoms with van der Waals surface area (Å²) in [6, 6.07) is 1.60. The summed E-state index contributed by atoms with van der Waals surface area (Å²) in [5.74, 6) is -0.349. The Kier molecular flexibility index (Phi) is 4.46. The Hall–Kier alpha value is -2.51. The van der Waals surface area contributed by atoms with E-state index >= 15 is 0 Å². The van der Waals surface area contributed by atoms with Crippen molar-refractivity contribution in [1.82, 2.24) is 9.88 Å². The molecular weight excluding hydrogens is 276 g/mol. The molecule has 8 nitrogen and oxygen atoms in total. The molecule has 0 radical (unpaired) electrons. The molecule has 0 spiro atoms. The average Bonchev–Trinajstić information content (AvgIpc) is 2.46. The monoisotopic (exact) mass is 292 g/mol. The van der Waals surface area contributed by atoms with E-state index in [9.17, 15) is 19.7 Å². The van der Waals surface area contributed by atoms with Gasteiger partial charge in [-0.25, -0.2) is 0 Å². The molecular formula is C13H16N4O4. The topological polar surface area (TPSA) is 96.7 Å². The molecule has 2 rings (SSSR count). The van der Waals surface area contributed by atoms with Crippen LogP contribution in [0.3, 0.4) is 0 Å². The number of hydrogen-bond acceptors (Lipinski definition) is 6. The SMILES string of the molecule is CC(=O)CC(=O)N1CCN(c2ccncc2[N+](=O)[O-])CC1. The highest BCUT2D eigenvalue weighted by atomic mass is 16.6. The van der Waals surface area contributed by atoms with Crippen LogP contribution in [0.4, 0.5) is 11.4 Å². The number of amides is 1. The van der Waals surface area contributed by atoms with Crippen LogP contribution in [0.2, 0.25) is 0 Å². The Labute approximate surface area is 121 Å². The summed E-state index contributed by atoms with van der Waals surface area (Å²) in [7, 11) is 0. The van der Waals surface area contributed by atoms with E-state index in [0.717, 1.165) is 0 Å². The van der Waals surface area contributed by atoms with E-state index in [4.69, 9.17) is 0 Å². The van der Waals surface area contributed by atoms with Gasteiger partial charge in [0.1, 0.15) is 17.7 Å². The van der Waals surface area contributed by atoms with E-state index in [-0.39, 0.29) is 23.8 Å². The Bertz CT molecular complexity index is 567. The number of nitrogens with zero attached hydrogens (tertiary/aromatic N) is 4. The number of anilines is 1. The lowest BCUT2D eigenvalue weighted by Gasteiger charge is -2.35. The summed E-state index contributed by atoms with van der Waals surface area (Å²) in [5, 5.41) is 11.0. The quantitative estimate of drug-likeness (QED) is 0.458. The van der Waals surface area contributed by atoms with E-state index < -0.39 is 4.92 Å². The van der Waals surface area contributed by atoms with Crippen molar-refractivity contribution in [1.29, 1.82) is 0 Å². The van der Waals surface area contributed by atoms with E-state index in [1.165, 1.54) is 19.3 Å². The third kappa shape index (κ3) is 3.53. The summed E-state index contributed by atoms with van der Waals surface area (Å²) in [5.41, 5.74) is 0.467.